The van der Waals surface area contributed by atoms with E-state index >= 15 is 0 Å². The fraction of sp³-hybridized carbons (Fsp3) is 0.562. The Hall–Kier alpha value is -1.46. The number of rotatable bonds is 2. The molecule has 1 aromatic carbocycles. The molecular formula is C16H21ClN2O3. The molecule has 0 radical (unpaired) electrons. The second kappa shape index (κ2) is 6.34. The highest BCUT2D eigenvalue weighted by molar-refractivity contribution is 5.85. The van der Waals surface area contributed by atoms with Gasteiger partial charge >= 0.3 is 0 Å². The van der Waals surface area contributed by atoms with Gasteiger partial charge in [0.1, 0.15) is 0 Å². The highest BCUT2D eigenvalue weighted by Gasteiger charge is 2.37. The van der Waals surface area contributed by atoms with Crippen LogP contribution >= 0.6 is 12.4 Å². The van der Waals surface area contributed by atoms with Crippen LogP contribution in [0.15, 0.2) is 18.2 Å². The van der Waals surface area contributed by atoms with E-state index in [2.05, 4.69) is 10.2 Å². The summed E-state index contributed by atoms with van der Waals surface area (Å²) in [7, 11) is 0. The quantitative estimate of drug-likeness (QED) is 0.900. The van der Waals surface area contributed by atoms with Crippen LogP contribution in [0.1, 0.15) is 24.8 Å². The van der Waals surface area contributed by atoms with Crippen molar-refractivity contribution in [3.8, 4) is 11.5 Å². The van der Waals surface area contributed by atoms with Crippen LogP contribution in [0, 0.1) is 0 Å². The summed E-state index contributed by atoms with van der Waals surface area (Å²) in [6, 6.07) is 6.58. The van der Waals surface area contributed by atoms with Gasteiger partial charge < -0.3 is 19.7 Å². The number of benzene rings is 1. The lowest BCUT2D eigenvalue weighted by Crippen LogP contribution is -2.43. The van der Waals surface area contributed by atoms with Crippen molar-refractivity contribution < 1.29 is 14.3 Å². The number of nitrogens with one attached hydrogen (secondary N) is 1. The first-order chi connectivity index (χ1) is 10.3. The van der Waals surface area contributed by atoms with Gasteiger partial charge in [0.05, 0.1) is 6.42 Å². The van der Waals surface area contributed by atoms with Crippen LogP contribution in [0.25, 0.3) is 0 Å². The number of hydrogen-bond acceptors (Lipinski definition) is 4. The molecule has 0 aromatic heterocycles. The number of carbonyl (C=O) groups is 1. The average molecular weight is 325 g/mol. The number of ether oxygens (including phenoxy) is 2. The topological polar surface area (TPSA) is 50.8 Å². The van der Waals surface area contributed by atoms with Crippen molar-refractivity contribution >= 4 is 18.3 Å². The second-order valence-corrected chi connectivity index (χ2v) is 6.04. The van der Waals surface area contributed by atoms with E-state index < -0.39 is 0 Å². The van der Waals surface area contributed by atoms with E-state index in [1.54, 1.807) is 0 Å². The summed E-state index contributed by atoms with van der Waals surface area (Å²) in [6.07, 6.45) is 3.80. The first-order valence-corrected chi connectivity index (χ1v) is 7.71. The lowest BCUT2D eigenvalue weighted by atomic mass is 10.1. The molecule has 120 valence electrons. The summed E-state index contributed by atoms with van der Waals surface area (Å²) in [5, 5.41) is 3.43. The third-order valence-corrected chi connectivity index (χ3v) is 4.73. The minimum atomic E-state index is 0. The van der Waals surface area contributed by atoms with Crippen molar-refractivity contribution in [3.05, 3.63) is 23.8 Å². The molecular weight excluding hydrogens is 304 g/mol. The Morgan fingerprint density at radius 2 is 2.00 bits per heavy atom. The summed E-state index contributed by atoms with van der Waals surface area (Å²) >= 11 is 0. The Bertz CT molecular complexity index is 552. The summed E-state index contributed by atoms with van der Waals surface area (Å²) in [4.78, 5) is 14.8. The Morgan fingerprint density at radius 3 is 2.91 bits per heavy atom. The van der Waals surface area contributed by atoms with Crippen LogP contribution < -0.4 is 14.8 Å². The van der Waals surface area contributed by atoms with Gasteiger partial charge in [-0.3, -0.25) is 4.79 Å². The second-order valence-electron chi connectivity index (χ2n) is 6.04. The third kappa shape index (κ3) is 2.75. The zero-order valence-electron chi connectivity index (χ0n) is 12.4. The Balaban J connectivity index is 0.00000144. The third-order valence-electron chi connectivity index (χ3n) is 4.73. The first kappa shape index (κ1) is 15.4. The molecule has 2 atom stereocenters. The van der Waals surface area contributed by atoms with E-state index in [1.807, 2.05) is 18.2 Å². The molecule has 2 unspecified atom stereocenters. The first-order valence-electron chi connectivity index (χ1n) is 7.71. The number of hydrogen-bond donors (Lipinski definition) is 1. The standard InChI is InChI=1S/C16H20N2O3.ClH/c19-16(18-12-2-3-13(18)9-17-6-5-12)8-11-1-4-14-15(7-11)21-10-20-14;/h1,4,7,12-13,17H,2-3,5-6,8-10H2;1H. The van der Waals surface area contributed by atoms with Crippen molar-refractivity contribution in [1.29, 1.82) is 0 Å². The molecule has 0 spiro atoms. The van der Waals surface area contributed by atoms with Crippen LogP contribution in [0.5, 0.6) is 11.5 Å². The van der Waals surface area contributed by atoms with E-state index in [-0.39, 0.29) is 25.1 Å². The maximum Gasteiger partial charge on any atom is 0.231 e. The minimum absolute atomic E-state index is 0. The molecule has 2 bridgehead atoms. The summed E-state index contributed by atoms with van der Waals surface area (Å²) in [6.45, 7) is 2.23. The van der Waals surface area contributed by atoms with Gasteiger partial charge in [0, 0.05) is 18.6 Å². The highest BCUT2D eigenvalue weighted by atomic mass is 35.5. The molecule has 3 aliphatic rings. The molecule has 4 rings (SSSR count). The average Bonchev–Trinajstić information content (AvgIpc) is 3.01. The summed E-state index contributed by atoms with van der Waals surface area (Å²) < 4.78 is 10.7. The molecule has 1 N–H and O–H groups in total. The fourth-order valence-electron chi connectivity index (χ4n) is 3.71. The van der Waals surface area contributed by atoms with Crippen LogP contribution in [-0.4, -0.2) is 42.8 Å². The van der Waals surface area contributed by atoms with Crippen molar-refractivity contribution in [3.63, 3.8) is 0 Å². The van der Waals surface area contributed by atoms with E-state index in [1.165, 1.54) is 0 Å². The predicted molar refractivity (Wildman–Crippen MR) is 84.7 cm³/mol. The predicted octanol–water partition coefficient (Wildman–Crippen LogP) is 1.73. The monoisotopic (exact) mass is 324 g/mol. The fourth-order valence-corrected chi connectivity index (χ4v) is 3.71. The zero-order chi connectivity index (χ0) is 14.2. The minimum Gasteiger partial charge on any atom is -0.454 e. The molecule has 22 heavy (non-hydrogen) atoms. The number of fused-ring (bicyclic) bond motifs is 3. The van der Waals surface area contributed by atoms with Crippen molar-refractivity contribution in [1.82, 2.24) is 10.2 Å². The Labute approximate surface area is 136 Å². The molecule has 1 amide bonds. The van der Waals surface area contributed by atoms with E-state index in [0.717, 1.165) is 49.4 Å². The maximum absolute atomic E-state index is 12.7. The van der Waals surface area contributed by atoms with Crippen molar-refractivity contribution in [2.45, 2.75) is 37.8 Å². The SMILES string of the molecule is Cl.O=C(Cc1ccc2c(c1)OCO2)N1C2CCNCC1CC2. The van der Waals surface area contributed by atoms with Gasteiger partial charge in [-0.15, -0.1) is 12.4 Å². The molecule has 3 heterocycles. The van der Waals surface area contributed by atoms with Gasteiger partial charge in [0.25, 0.3) is 0 Å². The molecule has 0 aliphatic carbocycles. The molecule has 3 aliphatic heterocycles. The maximum atomic E-state index is 12.7. The van der Waals surface area contributed by atoms with Crippen LogP contribution in [-0.2, 0) is 11.2 Å². The lowest BCUT2D eigenvalue weighted by molar-refractivity contribution is -0.133. The number of halogens is 1. The normalized spacial score (nSPS) is 25.5. The number of carbonyl (C=O) groups excluding carboxylic acids is 1. The van der Waals surface area contributed by atoms with Crippen molar-refractivity contribution in [2.24, 2.45) is 0 Å². The lowest BCUT2D eigenvalue weighted by Gasteiger charge is -2.28. The van der Waals surface area contributed by atoms with Crippen LogP contribution in [0.3, 0.4) is 0 Å². The van der Waals surface area contributed by atoms with Gasteiger partial charge in [-0.05, 0) is 43.5 Å². The zero-order valence-corrected chi connectivity index (χ0v) is 13.2. The van der Waals surface area contributed by atoms with E-state index in [9.17, 15) is 4.79 Å². The highest BCUT2D eigenvalue weighted by Crippen LogP contribution is 2.33. The number of amides is 1. The Morgan fingerprint density at radius 1 is 1.18 bits per heavy atom. The van der Waals surface area contributed by atoms with Gasteiger partial charge in [0.15, 0.2) is 11.5 Å². The molecule has 0 saturated carbocycles. The smallest absolute Gasteiger partial charge is 0.231 e. The molecule has 2 fully saturated rings. The van der Waals surface area contributed by atoms with Gasteiger partial charge in [-0.2, -0.15) is 0 Å². The van der Waals surface area contributed by atoms with Crippen LogP contribution in [0.4, 0.5) is 0 Å². The Kier molecular flexibility index (Phi) is 4.45. The largest absolute Gasteiger partial charge is 0.454 e. The summed E-state index contributed by atoms with van der Waals surface area (Å²) in [5.41, 5.74) is 1.00. The molecule has 2 saturated heterocycles. The summed E-state index contributed by atoms with van der Waals surface area (Å²) in [5.74, 6) is 1.76. The molecule has 6 heteroatoms. The number of nitrogens with zero attached hydrogens (tertiary/aromatic N) is 1. The van der Waals surface area contributed by atoms with E-state index in [4.69, 9.17) is 9.47 Å². The van der Waals surface area contributed by atoms with Gasteiger partial charge in [-0.25, -0.2) is 0 Å². The van der Waals surface area contributed by atoms with E-state index in [0.29, 0.717) is 18.5 Å². The molecule has 1 aromatic rings. The van der Waals surface area contributed by atoms with Gasteiger partial charge in [0.2, 0.25) is 12.7 Å². The van der Waals surface area contributed by atoms with Crippen LogP contribution in [0.2, 0.25) is 0 Å². The van der Waals surface area contributed by atoms with Crippen molar-refractivity contribution in [2.75, 3.05) is 19.9 Å². The van der Waals surface area contributed by atoms with Gasteiger partial charge in [-0.1, -0.05) is 6.07 Å². The molecule has 5 nitrogen and oxygen atoms in total.